The van der Waals surface area contributed by atoms with Crippen molar-refractivity contribution in [2.75, 3.05) is 6.54 Å². The van der Waals surface area contributed by atoms with Crippen LogP contribution >= 0.6 is 0 Å². The number of hydrogen-bond acceptors (Lipinski definition) is 1. The second-order valence-electron chi connectivity index (χ2n) is 4.19. The second kappa shape index (κ2) is 9.82. The summed E-state index contributed by atoms with van der Waals surface area (Å²) in [6.45, 7) is 13.5. The molecule has 88 valence electrons. The first-order valence-corrected chi connectivity index (χ1v) is 6.29. The molecule has 0 heterocycles. The Morgan fingerprint density at radius 3 is 2.33 bits per heavy atom. The Labute approximate surface area is 95.7 Å². The van der Waals surface area contributed by atoms with Gasteiger partial charge in [0.25, 0.3) is 0 Å². The summed E-state index contributed by atoms with van der Waals surface area (Å²) in [6.07, 6.45) is 8.42. The van der Waals surface area contributed by atoms with Crippen molar-refractivity contribution in [3.63, 3.8) is 0 Å². The van der Waals surface area contributed by atoms with E-state index in [4.69, 9.17) is 0 Å². The van der Waals surface area contributed by atoms with E-state index in [0.717, 1.165) is 25.8 Å². The minimum absolute atomic E-state index is 1.05. The molecule has 0 aliphatic heterocycles. The van der Waals surface area contributed by atoms with Gasteiger partial charge in [-0.15, -0.1) is 0 Å². The predicted molar refractivity (Wildman–Crippen MR) is 69.9 cm³/mol. The molecule has 0 aromatic carbocycles. The Bertz CT molecular complexity index is 182. The first-order chi connectivity index (χ1) is 7.20. The maximum Gasteiger partial charge on any atom is 0.0146 e. The summed E-state index contributed by atoms with van der Waals surface area (Å²) in [5, 5.41) is 3.39. The highest BCUT2D eigenvalue weighted by atomic mass is 14.9. The third kappa shape index (κ3) is 9.58. The molecule has 0 atom stereocenters. The molecular formula is C14H27N. The topological polar surface area (TPSA) is 12.0 Å². The zero-order chi connectivity index (χ0) is 11.5. The zero-order valence-corrected chi connectivity index (χ0v) is 10.6. The number of unbranched alkanes of at least 4 members (excludes halogenated alkanes) is 2. The van der Waals surface area contributed by atoms with Crippen LogP contribution in [0.15, 0.2) is 24.4 Å². The summed E-state index contributed by atoms with van der Waals surface area (Å²) in [6, 6.07) is 0. The first kappa shape index (κ1) is 14.3. The van der Waals surface area contributed by atoms with Gasteiger partial charge >= 0.3 is 0 Å². The smallest absolute Gasteiger partial charge is 0.0146 e. The van der Waals surface area contributed by atoms with E-state index in [-0.39, 0.29) is 0 Å². The predicted octanol–water partition coefficient (Wildman–Crippen LogP) is 4.42. The van der Waals surface area contributed by atoms with E-state index in [1.54, 1.807) is 0 Å². The lowest BCUT2D eigenvalue weighted by Gasteiger charge is -2.09. The molecule has 0 saturated heterocycles. The van der Waals surface area contributed by atoms with Crippen LogP contribution in [-0.4, -0.2) is 6.54 Å². The number of hydrogen-bond donors (Lipinski definition) is 1. The zero-order valence-electron chi connectivity index (χ0n) is 10.6. The molecule has 0 amide bonds. The minimum atomic E-state index is 1.05. The van der Waals surface area contributed by atoms with Gasteiger partial charge in [0.05, 0.1) is 0 Å². The Morgan fingerprint density at radius 2 is 1.73 bits per heavy atom. The maximum absolute atomic E-state index is 4.03. The average Bonchev–Trinajstić information content (AvgIpc) is 2.24. The van der Waals surface area contributed by atoms with Crippen LogP contribution in [0.3, 0.4) is 0 Å². The van der Waals surface area contributed by atoms with Gasteiger partial charge in [-0.2, -0.15) is 0 Å². The average molecular weight is 209 g/mol. The van der Waals surface area contributed by atoms with Crippen molar-refractivity contribution in [1.29, 1.82) is 0 Å². The fourth-order valence-corrected chi connectivity index (χ4v) is 1.46. The Hall–Kier alpha value is -0.720. The largest absolute Gasteiger partial charge is 0.389 e. The maximum atomic E-state index is 4.03. The van der Waals surface area contributed by atoms with Gasteiger partial charge in [0.1, 0.15) is 0 Å². The lowest BCUT2D eigenvalue weighted by Crippen LogP contribution is -2.13. The molecule has 1 N–H and O–H groups in total. The quantitative estimate of drug-likeness (QED) is 0.415. The molecule has 0 unspecified atom stereocenters. The summed E-state index contributed by atoms with van der Waals surface area (Å²) < 4.78 is 0. The molecule has 15 heavy (non-hydrogen) atoms. The lowest BCUT2D eigenvalue weighted by atomic mass is 10.1. The van der Waals surface area contributed by atoms with Gasteiger partial charge in [0.15, 0.2) is 0 Å². The second-order valence-corrected chi connectivity index (χ2v) is 4.19. The molecule has 0 rings (SSSR count). The van der Waals surface area contributed by atoms with Crippen molar-refractivity contribution in [3.8, 4) is 0 Å². The van der Waals surface area contributed by atoms with Crippen LogP contribution in [-0.2, 0) is 0 Å². The van der Waals surface area contributed by atoms with E-state index in [1.807, 2.05) is 0 Å². The molecule has 0 aromatic heterocycles. The highest BCUT2D eigenvalue weighted by Gasteiger charge is 1.94. The number of nitrogens with one attached hydrogen (secondary N) is 1. The SMILES string of the molecule is C=C(CC)CCCNC(=C)CCCCC. The van der Waals surface area contributed by atoms with E-state index < -0.39 is 0 Å². The third-order valence-corrected chi connectivity index (χ3v) is 2.66. The fraction of sp³-hybridized carbons (Fsp3) is 0.714. The van der Waals surface area contributed by atoms with E-state index >= 15 is 0 Å². The van der Waals surface area contributed by atoms with Gasteiger partial charge in [-0.05, 0) is 32.1 Å². The molecule has 0 aliphatic rings. The van der Waals surface area contributed by atoms with Gasteiger partial charge in [-0.1, -0.05) is 45.4 Å². The van der Waals surface area contributed by atoms with Crippen LogP contribution in [0.2, 0.25) is 0 Å². The molecule has 0 aliphatic carbocycles. The summed E-state index contributed by atoms with van der Waals surface area (Å²) >= 11 is 0. The van der Waals surface area contributed by atoms with Crippen molar-refractivity contribution in [1.82, 2.24) is 5.32 Å². The van der Waals surface area contributed by atoms with Crippen molar-refractivity contribution in [2.45, 2.75) is 58.8 Å². The molecule has 0 saturated carbocycles. The van der Waals surface area contributed by atoms with Crippen LogP contribution in [0.5, 0.6) is 0 Å². The molecule has 0 bridgehead atoms. The van der Waals surface area contributed by atoms with E-state index in [2.05, 4.69) is 32.3 Å². The van der Waals surface area contributed by atoms with Crippen molar-refractivity contribution in [2.24, 2.45) is 0 Å². The fourth-order valence-electron chi connectivity index (χ4n) is 1.46. The van der Waals surface area contributed by atoms with Crippen LogP contribution in [0.4, 0.5) is 0 Å². The van der Waals surface area contributed by atoms with Crippen molar-refractivity contribution >= 4 is 0 Å². The van der Waals surface area contributed by atoms with Gasteiger partial charge in [0.2, 0.25) is 0 Å². The summed E-state index contributed by atoms with van der Waals surface area (Å²) in [5.41, 5.74) is 2.55. The molecule has 0 aromatic rings. The van der Waals surface area contributed by atoms with Crippen LogP contribution in [0, 0.1) is 0 Å². The lowest BCUT2D eigenvalue weighted by molar-refractivity contribution is 0.648. The number of rotatable bonds is 10. The van der Waals surface area contributed by atoms with Crippen LogP contribution < -0.4 is 5.32 Å². The minimum Gasteiger partial charge on any atom is -0.389 e. The van der Waals surface area contributed by atoms with Gasteiger partial charge in [0, 0.05) is 12.2 Å². The summed E-state index contributed by atoms with van der Waals surface area (Å²) in [7, 11) is 0. The molecule has 1 heteroatoms. The van der Waals surface area contributed by atoms with E-state index in [9.17, 15) is 0 Å². The number of allylic oxidation sites excluding steroid dienone is 2. The first-order valence-electron chi connectivity index (χ1n) is 6.29. The monoisotopic (exact) mass is 209 g/mol. The van der Waals surface area contributed by atoms with Crippen LogP contribution in [0.1, 0.15) is 58.8 Å². The van der Waals surface area contributed by atoms with Gasteiger partial charge in [-0.25, -0.2) is 0 Å². The van der Waals surface area contributed by atoms with Crippen LogP contribution in [0.25, 0.3) is 0 Å². The molecule has 1 nitrogen and oxygen atoms in total. The Balaban J connectivity index is 3.27. The van der Waals surface area contributed by atoms with E-state index in [1.165, 1.54) is 37.0 Å². The highest BCUT2D eigenvalue weighted by molar-refractivity contribution is 4.94. The molecular weight excluding hydrogens is 182 g/mol. The normalized spacial score (nSPS) is 10.0. The Morgan fingerprint density at radius 1 is 1.00 bits per heavy atom. The molecule has 0 spiro atoms. The standard InChI is InChI=1S/C14H27N/c1-5-7-8-11-14(4)15-12-9-10-13(3)6-2/h15H,3-12H2,1-2H3. The third-order valence-electron chi connectivity index (χ3n) is 2.66. The van der Waals surface area contributed by atoms with E-state index in [0.29, 0.717) is 0 Å². The highest BCUT2D eigenvalue weighted by Crippen LogP contribution is 2.07. The molecule has 0 radical (unpaired) electrons. The molecule has 0 fully saturated rings. The van der Waals surface area contributed by atoms with Gasteiger partial charge < -0.3 is 5.32 Å². The Kier molecular flexibility index (Phi) is 9.35. The van der Waals surface area contributed by atoms with Crippen molar-refractivity contribution in [3.05, 3.63) is 24.4 Å². The van der Waals surface area contributed by atoms with Gasteiger partial charge in [-0.3, -0.25) is 0 Å². The summed E-state index contributed by atoms with van der Waals surface area (Å²) in [5.74, 6) is 0. The summed E-state index contributed by atoms with van der Waals surface area (Å²) in [4.78, 5) is 0. The van der Waals surface area contributed by atoms with Crippen molar-refractivity contribution < 1.29 is 0 Å².